The highest BCUT2D eigenvalue weighted by Crippen LogP contribution is 2.39. The molecule has 1 saturated heterocycles. The molecule has 2 rings (SSSR count). The Balaban J connectivity index is 2.25. The number of hydrogen-bond donors (Lipinski definition) is 1. The second kappa shape index (κ2) is 4.58. The number of ether oxygens (including phenoxy) is 1. The van der Waals surface area contributed by atoms with Gasteiger partial charge < -0.3 is 10.5 Å². The minimum Gasteiger partial charge on any atom is -0.444 e. The van der Waals surface area contributed by atoms with Gasteiger partial charge in [0.2, 0.25) is 0 Å². The minimum absolute atomic E-state index is 0.251. The SMILES string of the molecule is CC(C)(C)OC(=O)N1CCCC2C=CC(N)=CC21C. The largest absolute Gasteiger partial charge is 0.444 e. The maximum atomic E-state index is 12.4. The molecule has 1 heterocycles. The Morgan fingerprint density at radius 1 is 1.53 bits per heavy atom. The van der Waals surface area contributed by atoms with E-state index >= 15 is 0 Å². The van der Waals surface area contributed by atoms with Crippen molar-refractivity contribution in [2.45, 2.75) is 51.7 Å². The van der Waals surface area contributed by atoms with Crippen molar-refractivity contribution in [2.24, 2.45) is 11.7 Å². The highest BCUT2D eigenvalue weighted by molar-refractivity contribution is 5.70. The zero-order chi connectivity index (χ0) is 14.3. The van der Waals surface area contributed by atoms with Gasteiger partial charge in [-0.15, -0.1) is 0 Å². The molecular formula is C15H24N2O2. The van der Waals surface area contributed by atoms with Crippen LogP contribution in [0.25, 0.3) is 0 Å². The van der Waals surface area contributed by atoms with Crippen LogP contribution in [0, 0.1) is 5.92 Å². The third-order valence-corrected chi connectivity index (χ3v) is 3.82. The summed E-state index contributed by atoms with van der Waals surface area (Å²) in [5, 5.41) is 0. The van der Waals surface area contributed by atoms with Crippen molar-refractivity contribution in [3.8, 4) is 0 Å². The third-order valence-electron chi connectivity index (χ3n) is 3.82. The van der Waals surface area contributed by atoms with E-state index in [1.807, 2.05) is 37.8 Å². The number of rotatable bonds is 0. The molecule has 0 radical (unpaired) electrons. The molecule has 2 unspecified atom stereocenters. The molecule has 106 valence electrons. The second-order valence-electron chi connectivity index (χ2n) is 6.61. The lowest BCUT2D eigenvalue weighted by Crippen LogP contribution is -2.58. The Morgan fingerprint density at radius 3 is 2.84 bits per heavy atom. The summed E-state index contributed by atoms with van der Waals surface area (Å²) in [7, 11) is 0. The molecule has 1 aliphatic heterocycles. The number of carbonyl (C=O) groups is 1. The van der Waals surface area contributed by atoms with Crippen LogP contribution in [0.3, 0.4) is 0 Å². The molecule has 1 amide bonds. The normalized spacial score (nSPS) is 30.6. The summed E-state index contributed by atoms with van der Waals surface area (Å²) in [5.41, 5.74) is 5.80. The summed E-state index contributed by atoms with van der Waals surface area (Å²) in [6, 6.07) is 0. The van der Waals surface area contributed by atoms with Crippen LogP contribution in [0.4, 0.5) is 4.79 Å². The molecule has 2 N–H and O–H groups in total. The fourth-order valence-electron chi connectivity index (χ4n) is 2.90. The standard InChI is InChI=1S/C15H24N2O2/c1-14(2,3)19-13(18)17-9-5-6-11-7-8-12(16)10-15(11,17)4/h7-8,10-11H,5-6,9,16H2,1-4H3. The maximum Gasteiger partial charge on any atom is 0.411 e. The van der Waals surface area contributed by atoms with E-state index in [1.54, 1.807) is 0 Å². The topological polar surface area (TPSA) is 55.6 Å². The third kappa shape index (κ3) is 2.77. The molecule has 1 fully saturated rings. The van der Waals surface area contributed by atoms with E-state index in [0.717, 1.165) is 19.4 Å². The predicted octanol–water partition coefficient (Wildman–Crippen LogP) is 2.80. The van der Waals surface area contributed by atoms with Gasteiger partial charge in [0.05, 0.1) is 5.54 Å². The Kier molecular flexibility index (Phi) is 3.37. The van der Waals surface area contributed by atoms with Gasteiger partial charge in [0.1, 0.15) is 5.60 Å². The van der Waals surface area contributed by atoms with Crippen LogP contribution in [0.2, 0.25) is 0 Å². The molecule has 0 aromatic rings. The van der Waals surface area contributed by atoms with Crippen LogP contribution < -0.4 is 5.73 Å². The Hall–Kier alpha value is -1.45. The molecule has 0 saturated carbocycles. The van der Waals surface area contributed by atoms with Crippen molar-refractivity contribution in [1.29, 1.82) is 0 Å². The van der Waals surface area contributed by atoms with Crippen LogP contribution in [0.5, 0.6) is 0 Å². The molecule has 0 aromatic heterocycles. The van der Waals surface area contributed by atoms with E-state index < -0.39 is 5.60 Å². The molecule has 0 aromatic carbocycles. The van der Waals surface area contributed by atoms with Crippen molar-refractivity contribution >= 4 is 6.09 Å². The number of nitrogens with two attached hydrogens (primary N) is 1. The van der Waals surface area contributed by atoms with Crippen LogP contribution in [-0.2, 0) is 4.74 Å². The van der Waals surface area contributed by atoms with E-state index in [9.17, 15) is 4.79 Å². The monoisotopic (exact) mass is 264 g/mol. The Bertz CT molecular complexity index is 434. The highest BCUT2D eigenvalue weighted by atomic mass is 16.6. The summed E-state index contributed by atoms with van der Waals surface area (Å²) in [6.45, 7) is 8.45. The number of hydrogen-bond acceptors (Lipinski definition) is 3. The van der Waals surface area contributed by atoms with Crippen molar-refractivity contribution in [3.63, 3.8) is 0 Å². The molecule has 19 heavy (non-hydrogen) atoms. The lowest BCUT2D eigenvalue weighted by Gasteiger charge is -2.48. The van der Waals surface area contributed by atoms with Gasteiger partial charge in [-0.05, 0) is 52.7 Å². The Labute approximate surface area is 115 Å². The summed E-state index contributed by atoms with van der Waals surface area (Å²) < 4.78 is 5.52. The minimum atomic E-state index is -0.472. The van der Waals surface area contributed by atoms with Crippen LogP contribution in [0.15, 0.2) is 23.9 Å². The summed E-state index contributed by atoms with van der Waals surface area (Å²) in [6.07, 6.45) is 7.87. The van der Waals surface area contributed by atoms with Gasteiger partial charge in [-0.25, -0.2) is 4.79 Å². The van der Waals surface area contributed by atoms with E-state index in [4.69, 9.17) is 10.5 Å². The Morgan fingerprint density at radius 2 is 2.21 bits per heavy atom. The van der Waals surface area contributed by atoms with Gasteiger partial charge in [0, 0.05) is 18.2 Å². The lowest BCUT2D eigenvalue weighted by atomic mass is 9.75. The van der Waals surface area contributed by atoms with Crippen molar-refractivity contribution in [2.75, 3.05) is 6.54 Å². The number of allylic oxidation sites excluding steroid dienone is 1. The van der Waals surface area contributed by atoms with Gasteiger partial charge in [-0.1, -0.05) is 6.08 Å². The molecule has 1 aliphatic carbocycles. The van der Waals surface area contributed by atoms with E-state index in [2.05, 4.69) is 13.0 Å². The maximum absolute atomic E-state index is 12.4. The van der Waals surface area contributed by atoms with E-state index in [1.165, 1.54) is 0 Å². The van der Waals surface area contributed by atoms with Crippen molar-refractivity contribution in [1.82, 2.24) is 4.90 Å². The molecule has 0 bridgehead atoms. The second-order valence-corrected chi connectivity index (χ2v) is 6.61. The lowest BCUT2D eigenvalue weighted by molar-refractivity contribution is -0.00953. The van der Waals surface area contributed by atoms with Gasteiger partial charge in [0.25, 0.3) is 0 Å². The van der Waals surface area contributed by atoms with E-state index in [0.29, 0.717) is 11.6 Å². The predicted molar refractivity (Wildman–Crippen MR) is 75.5 cm³/mol. The zero-order valence-corrected chi connectivity index (χ0v) is 12.3. The van der Waals surface area contributed by atoms with Gasteiger partial charge in [-0.2, -0.15) is 0 Å². The quantitative estimate of drug-likeness (QED) is 0.732. The molecule has 2 atom stereocenters. The molecule has 4 nitrogen and oxygen atoms in total. The average molecular weight is 264 g/mol. The van der Waals surface area contributed by atoms with E-state index in [-0.39, 0.29) is 11.6 Å². The van der Waals surface area contributed by atoms with Crippen molar-refractivity contribution in [3.05, 3.63) is 23.9 Å². The number of amides is 1. The number of piperidine rings is 1. The first-order valence-electron chi connectivity index (χ1n) is 6.89. The number of fused-ring (bicyclic) bond motifs is 1. The summed E-state index contributed by atoms with van der Waals surface area (Å²) in [4.78, 5) is 14.2. The average Bonchev–Trinajstić information content (AvgIpc) is 2.24. The molecule has 2 aliphatic rings. The zero-order valence-electron chi connectivity index (χ0n) is 12.3. The highest BCUT2D eigenvalue weighted by Gasteiger charge is 2.44. The van der Waals surface area contributed by atoms with Gasteiger partial charge in [-0.3, -0.25) is 4.90 Å². The van der Waals surface area contributed by atoms with Crippen molar-refractivity contribution < 1.29 is 9.53 Å². The number of nitrogens with zero attached hydrogens (tertiary/aromatic N) is 1. The van der Waals surface area contributed by atoms with Crippen LogP contribution in [0.1, 0.15) is 40.5 Å². The number of likely N-dealkylation sites (tertiary alicyclic amines) is 1. The summed E-state index contributed by atoms with van der Waals surface area (Å²) >= 11 is 0. The first kappa shape index (κ1) is 14.0. The first-order chi connectivity index (χ1) is 8.72. The molecule has 4 heteroatoms. The van der Waals surface area contributed by atoms with Crippen LogP contribution in [-0.4, -0.2) is 28.7 Å². The fraction of sp³-hybridized carbons (Fsp3) is 0.667. The number of carbonyl (C=O) groups excluding carboxylic acids is 1. The van der Waals surface area contributed by atoms with Crippen LogP contribution >= 0.6 is 0 Å². The fourth-order valence-corrected chi connectivity index (χ4v) is 2.90. The van der Waals surface area contributed by atoms with Gasteiger partial charge in [0.15, 0.2) is 0 Å². The molecule has 0 spiro atoms. The molecular weight excluding hydrogens is 240 g/mol. The summed E-state index contributed by atoms with van der Waals surface area (Å²) in [5.74, 6) is 0.320. The van der Waals surface area contributed by atoms with Gasteiger partial charge >= 0.3 is 6.09 Å². The first-order valence-corrected chi connectivity index (χ1v) is 6.89. The smallest absolute Gasteiger partial charge is 0.411 e.